The van der Waals surface area contributed by atoms with E-state index in [-0.39, 0.29) is 0 Å². The van der Waals surface area contributed by atoms with Gasteiger partial charge in [-0.3, -0.25) is 0 Å². The molecule has 286 valence electrons. The fraction of sp³-hybridized carbons (Fsp3) is 0. The summed E-state index contributed by atoms with van der Waals surface area (Å²) in [5, 5.41) is 20.4. The van der Waals surface area contributed by atoms with Crippen LogP contribution in [0.3, 0.4) is 0 Å². The van der Waals surface area contributed by atoms with Crippen molar-refractivity contribution in [3.05, 3.63) is 218 Å². The monoisotopic (exact) mass is 784 g/mol. The first-order valence-corrected chi connectivity index (χ1v) is 21.5. The molecule has 2 aromatic heterocycles. The first-order chi connectivity index (χ1) is 30.8. The predicted octanol–water partition coefficient (Wildman–Crippen LogP) is 16.5. The molecule has 12 aromatic carbocycles. The zero-order valence-electron chi connectivity index (χ0n) is 33.7. The Balaban J connectivity index is 0.986. The summed E-state index contributed by atoms with van der Waals surface area (Å²) in [7, 11) is 0. The maximum Gasteiger partial charge on any atom is 0.0541 e. The van der Waals surface area contributed by atoms with Gasteiger partial charge in [-0.15, -0.1) is 0 Å². The van der Waals surface area contributed by atoms with Gasteiger partial charge in [-0.2, -0.15) is 0 Å². The Kier molecular flexibility index (Phi) is 6.86. The summed E-state index contributed by atoms with van der Waals surface area (Å²) in [5.41, 5.74) is 9.57. The molecule has 62 heavy (non-hydrogen) atoms. The van der Waals surface area contributed by atoms with Crippen molar-refractivity contribution >= 4 is 108 Å². The van der Waals surface area contributed by atoms with Crippen LogP contribution in [0, 0.1) is 0 Å². The van der Waals surface area contributed by atoms with Crippen LogP contribution in [0.2, 0.25) is 0 Å². The van der Waals surface area contributed by atoms with Crippen molar-refractivity contribution in [2.45, 2.75) is 0 Å². The number of hydrogen-bond donors (Lipinski definition) is 0. The van der Waals surface area contributed by atoms with Gasteiger partial charge < -0.3 is 9.13 Å². The SMILES string of the molecule is c1ccc2cc(-n3c4ccccc4c4cc(-c5ccc6c(c5)c5ccccc5n6-c5ccc6c7ccccc7c7c8ccccc8c8ccccc8c7c6c5)ccc43)ccc2c1. The molecule has 14 aromatic rings. The molecule has 0 amide bonds. The van der Waals surface area contributed by atoms with E-state index in [9.17, 15) is 0 Å². The third-order valence-electron chi connectivity index (χ3n) is 13.6. The predicted molar refractivity (Wildman–Crippen MR) is 266 cm³/mol. The molecule has 0 bridgehead atoms. The van der Waals surface area contributed by atoms with Crippen LogP contribution in [0.25, 0.3) is 131 Å². The Bertz CT molecular complexity index is 4200. The molecule has 0 unspecified atom stereocenters. The third-order valence-corrected chi connectivity index (χ3v) is 13.6. The highest BCUT2D eigenvalue weighted by atomic mass is 15.0. The van der Waals surface area contributed by atoms with E-state index in [2.05, 4.69) is 228 Å². The van der Waals surface area contributed by atoms with E-state index in [0.717, 1.165) is 5.69 Å². The van der Waals surface area contributed by atoms with Crippen molar-refractivity contribution in [3.63, 3.8) is 0 Å². The van der Waals surface area contributed by atoms with E-state index in [1.165, 1.54) is 125 Å². The summed E-state index contributed by atoms with van der Waals surface area (Å²) in [6.45, 7) is 0. The Morgan fingerprint density at radius 2 is 0.597 bits per heavy atom. The average Bonchev–Trinajstić information content (AvgIpc) is 3.85. The van der Waals surface area contributed by atoms with Crippen LogP contribution in [0.15, 0.2) is 218 Å². The van der Waals surface area contributed by atoms with Gasteiger partial charge in [-0.05, 0) is 136 Å². The van der Waals surface area contributed by atoms with Crippen LogP contribution in [0.5, 0.6) is 0 Å². The van der Waals surface area contributed by atoms with Crippen molar-refractivity contribution in [2.75, 3.05) is 0 Å². The molecule has 0 atom stereocenters. The van der Waals surface area contributed by atoms with E-state index < -0.39 is 0 Å². The van der Waals surface area contributed by atoms with Gasteiger partial charge in [0.25, 0.3) is 0 Å². The summed E-state index contributed by atoms with van der Waals surface area (Å²) >= 11 is 0. The number of para-hydroxylation sites is 2. The molecule has 0 aliphatic carbocycles. The van der Waals surface area contributed by atoms with Crippen LogP contribution in [-0.2, 0) is 0 Å². The van der Waals surface area contributed by atoms with Crippen LogP contribution >= 0.6 is 0 Å². The number of aromatic nitrogens is 2. The molecule has 0 spiro atoms. The van der Waals surface area contributed by atoms with Gasteiger partial charge >= 0.3 is 0 Å². The first kappa shape index (κ1) is 33.6. The molecule has 2 heterocycles. The molecular weight excluding hydrogens is 749 g/mol. The molecule has 2 heteroatoms. The van der Waals surface area contributed by atoms with Crippen molar-refractivity contribution in [3.8, 4) is 22.5 Å². The topological polar surface area (TPSA) is 9.86 Å². The van der Waals surface area contributed by atoms with Gasteiger partial charge in [0, 0.05) is 32.9 Å². The standard InChI is InChI=1S/C60H36N2/c1-2-14-38-33-41(28-25-37(38)13-1)61-55-23-11-9-18-47(55)52-34-39(26-31-57(52)61)40-27-32-58-53(35-40)48-19-10-12-24-56(48)62(58)42-29-30-46-45-17-5-7-21-50(45)59-49-20-6-3-15-43(49)44-16-4-8-22-51(44)60(59)54(46)36-42/h1-36H. The highest BCUT2D eigenvalue weighted by Gasteiger charge is 2.19. The number of hydrogen-bond acceptors (Lipinski definition) is 0. The summed E-state index contributed by atoms with van der Waals surface area (Å²) in [6.07, 6.45) is 0. The van der Waals surface area contributed by atoms with Gasteiger partial charge in [-0.25, -0.2) is 0 Å². The summed E-state index contributed by atoms with van der Waals surface area (Å²) in [5.74, 6) is 0. The van der Waals surface area contributed by atoms with Crippen molar-refractivity contribution in [2.24, 2.45) is 0 Å². The van der Waals surface area contributed by atoms with Gasteiger partial charge in [0.05, 0.1) is 22.1 Å². The number of nitrogens with zero attached hydrogens (tertiary/aromatic N) is 2. The molecule has 0 radical (unpaired) electrons. The lowest BCUT2D eigenvalue weighted by Gasteiger charge is -2.17. The molecule has 0 N–H and O–H groups in total. The Morgan fingerprint density at radius 3 is 1.15 bits per heavy atom. The maximum atomic E-state index is 2.47. The first-order valence-electron chi connectivity index (χ1n) is 21.5. The number of fused-ring (bicyclic) bond motifs is 18. The highest BCUT2D eigenvalue weighted by Crippen LogP contribution is 2.45. The van der Waals surface area contributed by atoms with Crippen LogP contribution < -0.4 is 0 Å². The molecule has 0 saturated carbocycles. The second-order valence-corrected chi connectivity index (χ2v) is 16.8. The maximum absolute atomic E-state index is 2.47. The lowest BCUT2D eigenvalue weighted by atomic mass is 9.87. The largest absolute Gasteiger partial charge is 0.309 e. The van der Waals surface area contributed by atoms with E-state index in [0.29, 0.717) is 0 Å². The zero-order chi connectivity index (χ0) is 40.5. The molecule has 0 fully saturated rings. The van der Waals surface area contributed by atoms with Crippen molar-refractivity contribution in [1.29, 1.82) is 0 Å². The molecule has 14 rings (SSSR count). The smallest absolute Gasteiger partial charge is 0.0541 e. The zero-order valence-corrected chi connectivity index (χ0v) is 33.7. The third kappa shape index (κ3) is 4.64. The van der Waals surface area contributed by atoms with Gasteiger partial charge in [0.2, 0.25) is 0 Å². The molecule has 2 nitrogen and oxygen atoms in total. The Hall–Kier alpha value is -8.20. The molecule has 0 aliphatic rings. The van der Waals surface area contributed by atoms with Gasteiger partial charge in [0.1, 0.15) is 0 Å². The van der Waals surface area contributed by atoms with E-state index in [1.807, 2.05) is 0 Å². The van der Waals surface area contributed by atoms with E-state index >= 15 is 0 Å². The van der Waals surface area contributed by atoms with Gasteiger partial charge in [0.15, 0.2) is 0 Å². The second kappa shape index (κ2) is 12.7. The lowest BCUT2D eigenvalue weighted by molar-refractivity contribution is 1.19. The summed E-state index contributed by atoms with van der Waals surface area (Å²) in [6, 6.07) is 81.1. The summed E-state index contributed by atoms with van der Waals surface area (Å²) < 4.78 is 4.89. The van der Waals surface area contributed by atoms with Crippen molar-refractivity contribution in [1.82, 2.24) is 9.13 Å². The minimum Gasteiger partial charge on any atom is -0.309 e. The van der Waals surface area contributed by atoms with E-state index in [1.54, 1.807) is 0 Å². The van der Waals surface area contributed by atoms with E-state index in [4.69, 9.17) is 0 Å². The average molecular weight is 785 g/mol. The normalized spacial score (nSPS) is 12.2. The fourth-order valence-corrected chi connectivity index (χ4v) is 10.9. The second-order valence-electron chi connectivity index (χ2n) is 16.8. The van der Waals surface area contributed by atoms with Crippen LogP contribution in [-0.4, -0.2) is 9.13 Å². The molecular formula is C60H36N2. The quantitative estimate of drug-likeness (QED) is 0.158. The van der Waals surface area contributed by atoms with Crippen LogP contribution in [0.4, 0.5) is 0 Å². The minimum atomic E-state index is 1.16. The van der Waals surface area contributed by atoms with Crippen LogP contribution in [0.1, 0.15) is 0 Å². The molecule has 0 saturated heterocycles. The fourth-order valence-electron chi connectivity index (χ4n) is 10.9. The van der Waals surface area contributed by atoms with Crippen molar-refractivity contribution < 1.29 is 0 Å². The number of rotatable bonds is 3. The highest BCUT2D eigenvalue weighted by molar-refractivity contribution is 6.39. The molecule has 0 aliphatic heterocycles. The lowest BCUT2D eigenvalue weighted by Crippen LogP contribution is -1.95. The summed E-state index contributed by atoms with van der Waals surface area (Å²) in [4.78, 5) is 0. The van der Waals surface area contributed by atoms with Gasteiger partial charge in [-0.1, -0.05) is 158 Å². The Labute approximate surface area is 356 Å². The Morgan fingerprint density at radius 1 is 0.210 bits per heavy atom. The minimum absolute atomic E-state index is 1.16. The number of benzene rings is 12.